The number of hydrogen-bond donors (Lipinski definition) is 0. The first-order chi connectivity index (χ1) is 17.3. The normalized spacial score (nSPS) is 19.5. The number of likely N-dealkylation sites (tertiary alicyclic amines) is 1. The summed E-state index contributed by atoms with van der Waals surface area (Å²) >= 11 is 6.09. The van der Waals surface area contributed by atoms with E-state index >= 15 is 0 Å². The molecule has 1 saturated heterocycles. The summed E-state index contributed by atoms with van der Waals surface area (Å²) < 4.78 is 33.0. The van der Waals surface area contributed by atoms with E-state index in [0.29, 0.717) is 45.6 Å². The minimum absolute atomic E-state index is 0.00822. The van der Waals surface area contributed by atoms with Crippen LogP contribution < -0.4 is 28.4 Å². The molecule has 0 bridgehead atoms. The van der Waals surface area contributed by atoms with E-state index in [-0.39, 0.29) is 24.0 Å². The molecule has 0 unspecified atom stereocenters. The quantitative estimate of drug-likeness (QED) is 0.453. The predicted molar refractivity (Wildman–Crippen MR) is 134 cm³/mol. The number of hydrogen-bond acceptors (Lipinski definition) is 8. The van der Waals surface area contributed by atoms with Gasteiger partial charge in [0.1, 0.15) is 11.7 Å². The van der Waals surface area contributed by atoms with E-state index in [0.717, 1.165) is 0 Å². The summed E-state index contributed by atoms with van der Waals surface area (Å²) in [6, 6.07) is 5.73. The van der Waals surface area contributed by atoms with Gasteiger partial charge in [0.15, 0.2) is 23.0 Å². The van der Waals surface area contributed by atoms with E-state index in [9.17, 15) is 9.59 Å². The Balaban J connectivity index is 2.25. The van der Waals surface area contributed by atoms with Gasteiger partial charge in [-0.25, -0.2) is 0 Å². The van der Waals surface area contributed by atoms with Gasteiger partial charge in [0.05, 0.1) is 54.7 Å². The third-order valence-electron chi connectivity index (χ3n) is 6.51. The van der Waals surface area contributed by atoms with Gasteiger partial charge < -0.3 is 33.3 Å². The molecular weight excluding hydrogens is 490 g/mol. The molecule has 1 aliphatic rings. The molecule has 1 fully saturated rings. The molecule has 3 rings (SSSR count). The Hall–Kier alpha value is -3.33. The van der Waals surface area contributed by atoms with E-state index in [1.807, 2.05) is 0 Å². The minimum Gasteiger partial charge on any atom is -0.493 e. The lowest BCUT2D eigenvalue weighted by Gasteiger charge is -2.45. The SMILES string of the molecule is COc1cc([C@@H]2CC(=O)[C@@H](C)[C@H](c3cc(OC)c(OC)c(OC)c3)N2C(=O)CCl)cc(OC)c1OC. The van der Waals surface area contributed by atoms with Crippen LogP contribution in [0.5, 0.6) is 34.5 Å². The molecule has 10 heteroatoms. The highest BCUT2D eigenvalue weighted by Gasteiger charge is 2.44. The van der Waals surface area contributed by atoms with Crippen molar-refractivity contribution in [3.8, 4) is 34.5 Å². The zero-order chi connectivity index (χ0) is 26.6. The van der Waals surface area contributed by atoms with Crippen LogP contribution in [0.25, 0.3) is 0 Å². The maximum Gasteiger partial charge on any atom is 0.238 e. The Morgan fingerprint density at radius 2 is 1.22 bits per heavy atom. The van der Waals surface area contributed by atoms with E-state index in [4.69, 9.17) is 40.0 Å². The Morgan fingerprint density at radius 1 is 0.806 bits per heavy atom. The van der Waals surface area contributed by atoms with Crippen LogP contribution in [-0.2, 0) is 9.59 Å². The summed E-state index contributed by atoms with van der Waals surface area (Å²) in [4.78, 5) is 28.3. The zero-order valence-electron chi connectivity index (χ0n) is 21.5. The molecule has 0 N–H and O–H groups in total. The number of alkyl halides is 1. The van der Waals surface area contributed by atoms with Crippen LogP contribution in [0.2, 0.25) is 0 Å². The van der Waals surface area contributed by atoms with Crippen molar-refractivity contribution in [3.05, 3.63) is 35.4 Å². The number of nitrogens with zero attached hydrogens (tertiary/aromatic N) is 1. The van der Waals surface area contributed by atoms with E-state index in [2.05, 4.69) is 0 Å². The second-order valence-corrected chi connectivity index (χ2v) is 8.54. The largest absolute Gasteiger partial charge is 0.493 e. The standard InChI is InChI=1S/C26H32ClNO8/c1-14-18(29)12-17(15-8-19(31-2)25(35-6)20(9-15)32-3)28(23(30)13-27)24(14)16-10-21(33-4)26(36-7)22(11-16)34-5/h8-11,14,17,24H,12-13H2,1-7H3/t14-,17+,24-/m1/s1. The van der Waals surface area contributed by atoms with Gasteiger partial charge in [-0.05, 0) is 35.4 Å². The van der Waals surface area contributed by atoms with Gasteiger partial charge in [-0.3, -0.25) is 9.59 Å². The van der Waals surface area contributed by atoms with Crippen LogP contribution in [0.4, 0.5) is 0 Å². The summed E-state index contributed by atoms with van der Waals surface area (Å²) in [6.07, 6.45) is 0.101. The van der Waals surface area contributed by atoms with Crippen molar-refractivity contribution in [1.29, 1.82) is 0 Å². The van der Waals surface area contributed by atoms with Gasteiger partial charge in [0.25, 0.3) is 0 Å². The van der Waals surface area contributed by atoms with Crippen molar-refractivity contribution in [1.82, 2.24) is 4.90 Å². The number of methoxy groups -OCH3 is 6. The number of carbonyl (C=O) groups is 2. The molecule has 0 radical (unpaired) electrons. The number of benzene rings is 2. The maximum absolute atomic E-state index is 13.4. The number of ketones is 1. The minimum atomic E-state index is -0.643. The van der Waals surface area contributed by atoms with Crippen LogP contribution >= 0.6 is 11.6 Å². The van der Waals surface area contributed by atoms with E-state index in [1.54, 1.807) is 36.1 Å². The monoisotopic (exact) mass is 521 g/mol. The van der Waals surface area contributed by atoms with E-state index in [1.165, 1.54) is 42.7 Å². The summed E-state index contributed by atoms with van der Waals surface area (Å²) in [5, 5.41) is 0. The van der Waals surface area contributed by atoms with Gasteiger partial charge >= 0.3 is 0 Å². The molecule has 196 valence electrons. The molecule has 0 spiro atoms. The zero-order valence-corrected chi connectivity index (χ0v) is 22.3. The predicted octanol–water partition coefficient (Wildman–Crippen LogP) is 4.20. The van der Waals surface area contributed by atoms with Crippen LogP contribution in [0.15, 0.2) is 24.3 Å². The van der Waals surface area contributed by atoms with Crippen LogP contribution in [0.3, 0.4) is 0 Å². The summed E-state index contributed by atoms with van der Waals surface area (Å²) in [6.45, 7) is 1.80. The topological polar surface area (TPSA) is 92.8 Å². The molecule has 0 saturated carbocycles. The average molecular weight is 522 g/mol. The molecule has 0 aromatic heterocycles. The Kier molecular flexibility index (Phi) is 8.79. The fourth-order valence-corrected chi connectivity index (χ4v) is 4.92. The van der Waals surface area contributed by atoms with Gasteiger partial charge in [-0.2, -0.15) is 0 Å². The number of rotatable bonds is 9. The second kappa shape index (κ2) is 11.6. The lowest BCUT2D eigenvalue weighted by molar-refractivity contribution is -0.144. The van der Waals surface area contributed by atoms with Gasteiger partial charge in [0, 0.05) is 12.3 Å². The molecule has 1 amide bonds. The smallest absolute Gasteiger partial charge is 0.238 e. The van der Waals surface area contributed by atoms with Crippen molar-refractivity contribution < 1.29 is 38.0 Å². The fraction of sp³-hybridized carbons (Fsp3) is 0.462. The third kappa shape index (κ3) is 4.84. The van der Waals surface area contributed by atoms with Gasteiger partial charge in [0.2, 0.25) is 17.4 Å². The lowest BCUT2D eigenvalue weighted by atomic mass is 9.79. The molecule has 9 nitrogen and oxygen atoms in total. The first-order valence-electron chi connectivity index (χ1n) is 11.3. The van der Waals surface area contributed by atoms with Crippen molar-refractivity contribution in [2.24, 2.45) is 5.92 Å². The van der Waals surface area contributed by atoms with Gasteiger partial charge in [-0.1, -0.05) is 6.92 Å². The maximum atomic E-state index is 13.4. The van der Waals surface area contributed by atoms with Crippen LogP contribution in [-0.4, -0.2) is 65.1 Å². The molecule has 0 aliphatic carbocycles. The highest BCUT2D eigenvalue weighted by molar-refractivity contribution is 6.27. The van der Waals surface area contributed by atoms with Crippen LogP contribution in [0, 0.1) is 5.92 Å². The first-order valence-corrected chi connectivity index (χ1v) is 11.8. The number of Topliss-reactive ketones (excluding diaryl/α,β-unsaturated/α-hetero) is 1. The molecular formula is C26H32ClNO8. The average Bonchev–Trinajstić information content (AvgIpc) is 2.91. The first kappa shape index (κ1) is 27.3. The number of ether oxygens (including phenoxy) is 6. The van der Waals surface area contributed by atoms with Crippen LogP contribution in [0.1, 0.15) is 36.6 Å². The highest BCUT2D eigenvalue weighted by Crippen LogP contribution is 2.49. The number of piperidine rings is 1. The van der Waals surface area contributed by atoms with Crippen molar-refractivity contribution >= 4 is 23.3 Å². The number of halogens is 1. The molecule has 1 heterocycles. The Bertz CT molecular complexity index is 1070. The number of amides is 1. The van der Waals surface area contributed by atoms with Crippen molar-refractivity contribution in [2.75, 3.05) is 48.5 Å². The van der Waals surface area contributed by atoms with Crippen molar-refractivity contribution in [2.45, 2.75) is 25.4 Å². The molecule has 2 aromatic rings. The Morgan fingerprint density at radius 3 is 1.58 bits per heavy atom. The highest BCUT2D eigenvalue weighted by atomic mass is 35.5. The van der Waals surface area contributed by atoms with Gasteiger partial charge in [-0.15, -0.1) is 11.6 Å². The molecule has 1 aliphatic heterocycles. The number of carbonyl (C=O) groups excluding carboxylic acids is 2. The molecule has 2 aromatic carbocycles. The summed E-state index contributed by atoms with van der Waals surface area (Å²) in [5.41, 5.74) is 1.31. The summed E-state index contributed by atoms with van der Waals surface area (Å²) in [7, 11) is 9.06. The van der Waals surface area contributed by atoms with Crippen molar-refractivity contribution in [3.63, 3.8) is 0 Å². The third-order valence-corrected chi connectivity index (χ3v) is 6.74. The second-order valence-electron chi connectivity index (χ2n) is 8.27. The Labute approximate surface area is 216 Å². The van der Waals surface area contributed by atoms with E-state index < -0.39 is 18.0 Å². The fourth-order valence-electron chi connectivity index (χ4n) is 4.78. The molecule has 3 atom stereocenters. The molecule has 36 heavy (non-hydrogen) atoms. The summed E-state index contributed by atoms with van der Waals surface area (Å²) in [5.74, 6) is 1.38. The lowest BCUT2D eigenvalue weighted by Crippen LogP contribution is -2.48.